The summed E-state index contributed by atoms with van der Waals surface area (Å²) in [6.45, 7) is 4.59. The van der Waals surface area contributed by atoms with Gasteiger partial charge < -0.3 is 14.4 Å². The quantitative estimate of drug-likeness (QED) is 0.807. The molecule has 1 saturated carbocycles. The van der Waals surface area contributed by atoms with Crippen LogP contribution in [-0.2, 0) is 9.53 Å². The third kappa shape index (κ3) is 3.97. The molecule has 2 fully saturated rings. The summed E-state index contributed by atoms with van der Waals surface area (Å²) in [4.78, 5) is 14.4. The van der Waals surface area contributed by atoms with Crippen molar-refractivity contribution in [3.05, 3.63) is 29.8 Å². The third-order valence-electron chi connectivity index (χ3n) is 4.14. The molecule has 1 aromatic carbocycles. The number of carbonyl (C=O) groups excluding carboxylic acids is 1. The largest absolute Gasteiger partial charge is 0.484 e. The molecule has 0 aromatic heterocycles. The van der Waals surface area contributed by atoms with E-state index in [9.17, 15) is 4.79 Å². The van der Waals surface area contributed by atoms with Crippen LogP contribution in [0.5, 0.6) is 5.75 Å². The second-order valence-electron chi connectivity index (χ2n) is 6.11. The van der Waals surface area contributed by atoms with Crippen molar-refractivity contribution in [1.82, 2.24) is 4.90 Å². The fraction of sp³-hybridized carbons (Fsp3) is 0.588. The van der Waals surface area contributed by atoms with Gasteiger partial charge >= 0.3 is 0 Å². The van der Waals surface area contributed by atoms with Gasteiger partial charge in [0.25, 0.3) is 5.91 Å². The van der Waals surface area contributed by atoms with E-state index in [1.165, 1.54) is 0 Å². The number of hydrogen-bond acceptors (Lipinski definition) is 3. The van der Waals surface area contributed by atoms with Crippen molar-refractivity contribution in [1.29, 1.82) is 0 Å². The van der Waals surface area contributed by atoms with E-state index in [0.717, 1.165) is 50.3 Å². The lowest BCUT2D eigenvalue weighted by Gasteiger charge is -2.25. The van der Waals surface area contributed by atoms with Crippen molar-refractivity contribution >= 4 is 5.91 Å². The number of rotatable bonds is 6. The number of nitrogens with zero attached hydrogens (tertiary/aromatic N) is 1. The lowest BCUT2D eigenvalue weighted by molar-refractivity contribution is -0.134. The zero-order valence-corrected chi connectivity index (χ0v) is 12.6. The maximum atomic E-state index is 12.4. The molecule has 1 amide bonds. The van der Waals surface area contributed by atoms with Crippen LogP contribution in [0.25, 0.3) is 0 Å². The van der Waals surface area contributed by atoms with Crippen molar-refractivity contribution in [2.75, 3.05) is 26.4 Å². The topological polar surface area (TPSA) is 38.8 Å². The molecule has 4 heteroatoms. The number of aryl methyl sites for hydroxylation is 1. The SMILES string of the molecule is Cc1cccc(OCC(=O)N(CC2CCOC2)C2CC2)c1. The summed E-state index contributed by atoms with van der Waals surface area (Å²) >= 11 is 0. The van der Waals surface area contributed by atoms with Gasteiger partial charge in [-0.25, -0.2) is 0 Å². The first-order valence-corrected chi connectivity index (χ1v) is 7.79. The minimum Gasteiger partial charge on any atom is -0.484 e. The average molecular weight is 289 g/mol. The number of ether oxygens (including phenoxy) is 2. The van der Waals surface area contributed by atoms with E-state index in [2.05, 4.69) is 0 Å². The summed E-state index contributed by atoms with van der Waals surface area (Å²) in [5.74, 6) is 1.36. The first-order chi connectivity index (χ1) is 10.2. The predicted molar refractivity (Wildman–Crippen MR) is 80.3 cm³/mol. The van der Waals surface area contributed by atoms with E-state index < -0.39 is 0 Å². The summed E-state index contributed by atoms with van der Waals surface area (Å²) in [6, 6.07) is 8.25. The van der Waals surface area contributed by atoms with Crippen LogP contribution < -0.4 is 4.74 Å². The Morgan fingerprint density at radius 1 is 1.38 bits per heavy atom. The van der Waals surface area contributed by atoms with Crippen LogP contribution in [0.2, 0.25) is 0 Å². The van der Waals surface area contributed by atoms with Crippen LogP contribution in [0.3, 0.4) is 0 Å². The Bertz CT molecular complexity index is 493. The van der Waals surface area contributed by atoms with E-state index in [1.807, 2.05) is 36.1 Å². The maximum Gasteiger partial charge on any atom is 0.260 e. The molecule has 2 aliphatic rings. The van der Waals surface area contributed by atoms with Gasteiger partial charge in [0.1, 0.15) is 5.75 Å². The van der Waals surface area contributed by atoms with Crippen LogP contribution in [0, 0.1) is 12.8 Å². The van der Waals surface area contributed by atoms with Gasteiger partial charge in [-0.15, -0.1) is 0 Å². The second kappa shape index (κ2) is 6.48. The van der Waals surface area contributed by atoms with Gasteiger partial charge in [0.05, 0.1) is 6.61 Å². The Kier molecular flexibility index (Phi) is 4.44. The Labute approximate surface area is 126 Å². The van der Waals surface area contributed by atoms with Gasteiger partial charge in [0, 0.05) is 25.1 Å². The fourth-order valence-electron chi connectivity index (χ4n) is 2.78. The molecule has 1 aromatic rings. The smallest absolute Gasteiger partial charge is 0.260 e. The summed E-state index contributed by atoms with van der Waals surface area (Å²) in [5, 5.41) is 0. The van der Waals surface area contributed by atoms with Crippen molar-refractivity contribution in [3.63, 3.8) is 0 Å². The van der Waals surface area contributed by atoms with Crippen molar-refractivity contribution in [2.45, 2.75) is 32.2 Å². The zero-order chi connectivity index (χ0) is 14.7. The van der Waals surface area contributed by atoms with Gasteiger partial charge in [-0.3, -0.25) is 4.79 Å². The third-order valence-corrected chi connectivity index (χ3v) is 4.14. The molecule has 1 aliphatic carbocycles. The highest BCUT2D eigenvalue weighted by atomic mass is 16.5. The Balaban J connectivity index is 1.54. The molecule has 21 heavy (non-hydrogen) atoms. The van der Waals surface area contributed by atoms with E-state index in [0.29, 0.717) is 12.0 Å². The van der Waals surface area contributed by atoms with Gasteiger partial charge in [-0.05, 0) is 43.9 Å². The Hall–Kier alpha value is -1.55. The van der Waals surface area contributed by atoms with Crippen molar-refractivity contribution in [3.8, 4) is 5.75 Å². The highest BCUT2D eigenvalue weighted by molar-refractivity contribution is 5.78. The minimum absolute atomic E-state index is 0.103. The summed E-state index contributed by atoms with van der Waals surface area (Å²) in [7, 11) is 0. The molecule has 0 spiro atoms. The van der Waals surface area contributed by atoms with Crippen LogP contribution in [0.15, 0.2) is 24.3 Å². The molecule has 4 nitrogen and oxygen atoms in total. The molecule has 1 aliphatic heterocycles. The molecule has 0 bridgehead atoms. The van der Waals surface area contributed by atoms with E-state index in [1.54, 1.807) is 0 Å². The van der Waals surface area contributed by atoms with Crippen LogP contribution in [-0.4, -0.2) is 43.2 Å². The highest BCUT2D eigenvalue weighted by Crippen LogP contribution is 2.29. The molecular weight excluding hydrogens is 266 g/mol. The van der Waals surface area contributed by atoms with Crippen LogP contribution in [0.1, 0.15) is 24.8 Å². The van der Waals surface area contributed by atoms with Crippen molar-refractivity contribution < 1.29 is 14.3 Å². The highest BCUT2D eigenvalue weighted by Gasteiger charge is 2.34. The lowest BCUT2D eigenvalue weighted by atomic mass is 10.1. The van der Waals surface area contributed by atoms with E-state index in [-0.39, 0.29) is 12.5 Å². The molecule has 1 saturated heterocycles. The lowest BCUT2D eigenvalue weighted by Crippen LogP contribution is -2.40. The number of amides is 1. The first kappa shape index (κ1) is 14.4. The molecule has 1 heterocycles. The predicted octanol–water partition coefficient (Wildman–Crippen LogP) is 2.40. The van der Waals surface area contributed by atoms with Gasteiger partial charge in [-0.2, -0.15) is 0 Å². The molecular formula is C17H23NO3. The molecule has 1 unspecified atom stereocenters. The molecule has 0 N–H and O–H groups in total. The summed E-state index contributed by atoms with van der Waals surface area (Å²) < 4.78 is 11.1. The summed E-state index contributed by atoms with van der Waals surface area (Å²) in [5.41, 5.74) is 1.14. The molecule has 3 rings (SSSR count). The van der Waals surface area contributed by atoms with E-state index >= 15 is 0 Å². The summed E-state index contributed by atoms with van der Waals surface area (Å²) in [6.07, 6.45) is 3.32. The van der Waals surface area contributed by atoms with Crippen molar-refractivity contribution in [2.24, 2.45) is 5.92 Å². The average Bonchev–Trinajstić information content (AvgIpc) is 3.19. The minimum atomic E-state index is 0.103. The Morgan fingerprint density at radius 3 is 2.90 bits per heavy atom. The Morgan fingerprint density at radius 2 is 2.24 bits per heavy atom. The van der Waals surface area contributed by atoms with Crippen LogP contribution >= 0.6 is 0 Å². The number of hydrogen-bond donors (Lipinski definition) is 0. The van der Waals surface area contributed by atoms with Gasteiger partial charge in [0.2, 0.25) is 0 Å². The maximum absolute atomic E-state index is 12.4. The van der Waals surface area contributed by atoms with E-state index in [4.69, 9.17) is 9.47 Å². The zero-order valence-electron chi connectivity index (χ0n) is 12.6. The monoisotopic (exact) mass is 289 g/mol. The number of carbonyl (C=O) groups is 1. The fourth-order valence-corrected chi connectivity index (χ4v) is 2.78. The number of benzene rings is 1. The van der Waals surface area contributed by atoms with Gasteiger partial charge in [-0.1, -0.05) is 12.1 Å². The van der Waals surface area contributed by atoms with Crippen LogP contribution in [0.4, 0.5) is 0 Å². The normalized spacial score (nSPS) is 21.3. The molecule has 1 atom stereocenters. The van der Waals surface area contributed by atoms with Gasteiger partial charge in [0.15, 0.2) is 6.61 Å². The molecule has 0 radical (unpaired) electrons. The first-order valence-electron chi connectivity index (χ1n) is 7.79. The molecule has 114 valence electrons. The standard InChI is InChI=1S/C17H23NO3/c1-13-3-2-4-16(9-13)21-12-17(19)18(15-5-6-15)10-14-7-8-20-11-14/h2-4,9,14-15H,5-8,10-12H2,1H3. The second-order valence-corrected chi connectivity index (χ2v) is 6.11.